The zero-order chi connectivity index (χ0) is 31.1. The molecule has 224 valence electrons. The third kappa shape index (κ3) is 4.58. The van der Waals surface area contributed by atoms with Gasteiger partial charge in [0.1, 0.15) is 0 Å². The summed E-state index contributed by atoms with van der Waals surface area (Å²) in [5, 5.41) is 4.80. The number of hydrogen-bond donors (Lipinski definition) is 2. The molecule has 8 heteroatoms. The van der Waals surface area contributed by atoms with Crippen LogP contribution in [0.4, 0.5) is 0 Å². The molecule has 2 aromatic heterocycles. The molecule has 2 N–H and O–H groups in total. The van der Waals surface area contributed by atoms with Gasteiger partial charge in [-0.15, -0.1) is 0 Å². The van der Waals surface area contributed by atoms with Gasteiger partial charge in [0.15, 0.2) is 0 Å². The van der Waals surface area contributed by atoms with Crippen LogP contribution in [0.5, 0.6) is 0 Å². The van der Waals surface area contributed by atoms with Crippen LogP contribution in [0, 0.1) is 0 Å². The molecule has 0 amide bonds. The molecule has 2 fully saturated rings. The number of H-pyrrole nitrogens is 2. The second kappa shape index (κ2) is 9.98. The Morgan fingerprint density at radius 1 is 0.409 bits per heavy atom. The lowest BCUT2D eigenvalue weighted by atomic mass is 9.76. The topological polar surface area (TPSA) is 68.5 Å². The van der Waals surface area contributed by atoms with E-state index in [-0.39, 0.29) is 36.6 Å². The van der Waals surface area contributed by atoms with Crippen LogP contribution in [0.1, 0.15) is 55.4 Å². The zero-order valence-corrected chi connectivity index (χ0v) is 26.9. The average molecular weight is 586 g/mol. The van der Waals surface area contributed by atoms with Crippen molar-refractivity contribution in [2.75, 3.05) is 0 Å². The SMILES string of the molecule is CC1(C)OB(c2cccc3[nH]c4ccccc4c23)OC1(C)C.CC1(C)OB(c2cccc3[nH]c4ccccc4c23)OC1(C)C. The summed E-state index contributed by atoms with van der Waals surface area (Å²) in [6, 6.07) is 29.2. The van der Waals surface area contributed by atoms with Crippen LogP contribution >= 0.6 is 0 Å². The van der Waals surface area contributed by atoms with Gasteiger partial charge >= 0.3 is 14.2 Å². The van der Waals surface area contributed by atoms with Crippen molar-refractivity contribution >= 4 is 68.8 Å². The summed E-state index contributed by atoms with van der Waals surface area (Å²) >= 11 is 0. The quantitative estimate of drug-likeness (QED) is 0.210. The number of fused-ring (bicyclic) bond motifs is 6. The Balaban J connectivity index is 0.000000142. The molecular formula is C36H40B2N2O4. The maximum atomic E-state index is 6.24. The van der Waals surface area contributed by atoms with E-state index in [0.29, 0.717) is 0 Å². The van der Waals surface area contributed by atoms with Crippen LogP contribution in [0.3, 0.4) is 0 Å². The minimum atomic E-state index is -0.340. The number of aromatic amines is 2. The van der Waals surface area contributed by atoms with Gasteiger partial charge < -0.3 is 28.6 Å². The number of nitrogens with one attached hydrogen (secondary N) is 2. The molecule has 44 heavy (non-hydrogen) atoms. The highest BCUT2D eigenvalue weighted by molar-refractivity contribution is 6.66. The van der Waals surface area contributed by atoms with Crippen LogP contribution < -0.4 is 10.9 Å². The van der Waals surface area contributed by atoms with Crippen molar-refractivity contribution in [3.05, 3.63) is 84.9 Å². The van der Waals surface area contributed by atoms with Gasteiger partial charge in [0.25, 0.3) is 0 Å². The monoisotopic (exact) mass is 586 g/mol. The van der Waals surface area contributed by atoms with Crippen LogP contribution in [0.25, 0.3) is 43.6 Å². The van der Waals surface area contributed by atoms with Gasteiger partial charge in [0.05, 0.1) is 22.4 Å². The largest absolute Gasteiger partial charge is 0.495 e. The first-order valence-corrected chi connectivity index (χ1v) is 15.5. The fourth-order valence-electron chi connectivity index (χ4n) is 6.19. The molecule has 6 nitrogen and oxygen atoms in total. The molecule has 4 heterocycles. The van der Waals surface area contributed by atoms with Crippen molar-refractivity contribution in [3.63, 3.8) is 0 Å². The summed E-state index contributed by atoms with van der Waals surface area (Å²) < 4.78 is 25.0. The number of benzene rings is 4. The van der Waals surface area contributed by atoms with Crippen molar-refractivity contribution in [1.82, 2.24) is 9.97 Å². The van der Waals surface area contributed by atoms with Crippen LogP contribution in [0.2, 0.25) is 0 Å². The Kier molecular flexibility index (Phi) is 6.62. The number of rotatable bonds is 2. The van der Waals surface area contributed by atoms with Gasteiger partial charge in [-0.2, -0.15) is 0 Å². The fourth-order valence-corrected chi connectivity index (χ4v) is 6.19. The summed E-state index contributed by atoms with van der Waals surface area (Å²) in [5.41, 5.74) is 5.39. The van der Waals surface area contributed by atoms with Crippen molar-refractivity contribution in [1.29, 1.82) is 0 Å². The molecule has 2 saturated heterocycles. The van der Waals surface area contributed by atoms with Crippen LogP contribution in [-0.2, 0) is 18.6 Å². The van der Waals surface area contributed by atoms with E-state index in [1.807, 2.05) is 12.1 Å². The third-order valence-corrected chi connectivity index (χ3v) is 10.1. The first-order valence-electron chi connectivity index (χ1n) is 15.5. The van der Waals surface area contributed by atoms with Gasteiger partial charge in [-0.1, -0.05) is 60.7 Å². The highest BCUT2D eigenvalue weighted by Gasteiger charge is 2.53. The molecule has 0 radical (unpaired) electrons. The summed E-state index contributed by atoms with van der Waals surface area (Å²) in [6.07, 6.45) is 0. The number of hydrogen-bond acceptors (Lipinski definition) is 4. The third-order valence-electron chi connectivity index (χ3n) is 10.1. The molecule has 6 aromatic rings. The molecule has 0 spiro atoms. The lowest BCUT2D eigenvalue weighted by molar-refractivity contribution is 0.00578. The second-order valence-corrected chi connectivity index (χ2v) is 14.1. The Hall–Kier alpha value is -3.55. The molecule has 2 aliphatic heterocycles. The van der Waals surface area contributed by atoms with Crippen LogP contribution in [-0.4, -0.2) is 46.6 Å². The summed E-state index contributed by atoms with van der Waals surface area (Å²) in [4.78, 5) is 6.94. The van der Waals surface area contributed by atoms with Crippen molar-refractivity contribution in [3.8, 4) is 0 Å². The number of para-hydroxylation sites is 2. The lowest BCUT2D eigenvalue weighted by Gasteiger charge is -2.32. The molecule has 2 aliphatic rings. The first-order chi connectivity index (χ1) is 20.8. The van der Waals surface area contributed by atoms with E-state index < -0.39 is 0 Å². The Morgan fingerprint density at radius 3 is 1.09 bits per heavy atom. The van der Waals surface area contributed by atoms with Gasteiger partial charge in [0, 0.05) is 43.6 Å². The minimum absolute atomic E-state index is 0.327. The summed E-state index contributed by atoms with van der Waals surface area (Å²) in [7, 11) is -0.680. The maximum absolute atomic E-state index is 6.24. The fraction of sp³-hybridized carbons (Fsp3) is 0.333. The van der Waals surface area contributed by atoms with Gasteiger partial charge in [-0.3, -0.25) is 0 Å². The van der Waals surface area contributed by atoms with Crippen LogP contribution in [0.15, 0.2) is 84.9 Å². The maximum Gasteiger partial charge on any atom is 0.495 e. The molecule has 4 aromatic carbocycles. The van der Waals surface area contributed by atoms with E-state index in [1.165, 1.54) is 21.5 Å². The molecule has 0 atom stereocenters. The molecule has 0 bridgehead atoms. The standard InChI is InChI=1S/2C18H20BNO2/c2*1-17(2)18(3,4)22-19(21-17)13-9-7-11-15-16(13)12-8-5-6-10-14(12)20-15/h2*5-11,20H,1-4H3. The van der Waals surface area contributed by atoms with Gasteiger partial charge in [-0.05, 0) is 90.6 Å². The van der Waals surface area contributed by atoms with Crippen molar-refractivity contribution in [2.24, 2.45) is 0 Å². The molecular weight excluding hydrogens is 546 g/mol. The molecule has 8 rings (SSSR count). The van der Waals surface area contributed by atoms with E-state index in [4.69, 9.17) is 18.6 Å². The Morgan fingerprint density at radius 2 is 0.727 bits per heavy atom. The zero-order valence-electron chi connectivity index (χ0n) is 26.9. The summed E-state index contributed by atoms with van der Waals surface area (Å²) in [5.74, 6) is 0. The smallest absolute Gasteiger partial charge is 0.399 e. The molecule has 0 aliphatic carbocycles. The first kappa shape index (κ1) is 29.2. The van der Waals surface area contributed by atoms with E-state index in [0.717, 1.165) is 33.0 Å². The second-order valence-electron chi connectivity index (χ2n) is 14.1. The highest BCUT2D eigenvalue weighted by atomic mass is 16.7. The number of aromatic nitrogens is 2. The summed E-state index contributed by atoms with van der Waals surface area (Å²) in [6.45, 7) is 16.7. The minimum Gasteiger partial charge on any atom is -0.399 e. The predicted octanol–water partition coefficient (Wildman–Crippen LogP) is 7.24. The molecule has 0 unspecified atom stereocenters. The van der Waals surface area contributed by atoms with E-state index in [9.17, 15) is 0 Å². The Bertz CT molecular complexity index is 1850. The Labute approximate surface area is 259 Å². The van der Waals surface area contributed by atoms with Gasteiger partial charge in [0.2, 0.25) is 0 Å². The van der Waals surface area contributed by atoms with Crippen molar-refractivity contribution in [2.45, 2.75) is 77.8 Å². The van der Waals surface area contributed by atoms with Crippen molar-refractivity contribution < 1.29 is 18.6 Å². The van der Waals surface area contributed by atoms with E-state index in [1.54, 1.807) is 0 Å². The average Bonchev–Trinajstić information content (AvgIpc) is 3.65. The van der Waals surface area contributed by atoms with Gasteiger partial charge in [-0.25, -0.2) is 0 Å². The van der Waals surface area contributed by atoms with E-state index >= 15 is 0 Å². The normalized spacial score (nSPS) is 20.1. The predicted molar refractivity (Wildman–Crippen MR) is 183 cm³/mol. The molecule has 0 saturated carbocycles. The van der Waals surface area contributed by atoms with E-state index in [2.05, 4.69) is 138 Å². The highest BCUT2D eigenvalue weighted by Crippen LogP contribution is 2.39. The lowest BCUT2D eigenvalue weighted by Crippen LogP contribution is -2.41.